The average Bonchev–Trinajstić information content (AvgIpc) is 3.22. The highest BCUT2D eigenvalue weighted by atomic mass is 16.5. The summed E-state index contributed by atoms with van der Waals surface area (Å²) < 4.78 is 10.6. The fourth-order valence-electron chi connectivity index (χ4n) is 3.42. The molecule has 0 saturated carbocycles. The van der Waals surface area contributed by atoms with E-state index in [0.29, 0.717) is 17.9 Å². The van der Waals surface area contributed by atoms with Crippen molar-refractivity contribution in [2.75, 3.05) is 33.9 Å². The summed E-state index contributed by atoms with van der Waals surface area (Å²) in [6.07, 6.45) is 2.40. The number of benzene rings is 2. The fourth-order valence-corrected chi connectivity index (χ4v) is 3.42. The standard InChI is InChI=1S/C21H26N2O3/c1-25-18-9-5-7-16(13-18)20(23-11-3-4-12-23)15-22-21(24)17-8-6-10-19(14-17)26-2/h5-10,13-14,20H,3-4,11-12,15H2,1-2H3,(H,22,24). The number of hydrogen-bond acceptors (Lipinski definition) is 4. The highest BCUT2D eigenvalue weighted by Gasteiger charge is 2.24. The number of carbonyl (C=O) groups excluding carboxylic acids is 1. The van der Waals surface area contributed by atoms with Crippen LogP contribution in [0.15, 0.2) is 48.5 Å². The predicted octanol–water partition coefficient (Wildman–Crippen LogP) is 3.27. The highest BCUT2D eigenvalue weighted by molar-refractivity contribution is 5.94. The summed E-state index contributed by atoms with van der Waals surface area (Å²) in [6.45, 7) is 2.66. The van der Waals surface area contributed by atoms with Gasteiger partial charge < -0.3 is 14.8 Å². The number of nitrogens with zero attached hydrogens (tertiary/aromatic N) is 1. The van der Waals surface area contributed by atoms with E-state index in [1.54, 1.807) is 26.4 Å². The molecule has 1 aliphatic heterocycles. The molecule has 138 valence electrons. The van der Waals surface area contributed by atoms with Gasteiger partial charge in [0.2, 0.25) is 0 Å². The smallest absolute Gasteiger partial charge is 0.251 e. The Labute approximate surface area is 154 Å². The zero-order valence-corrected chi connectivity index (χ0v) is 15.4. The summed E-state index contributed by atoms with van der Waals surface area (Å²) in [5.74, 6) is 1.43. The maximum atomic E-state index is 12.6. The third kappa shape index (κ3) is 4.35. The van der Waals surface area contributed by atoms with Crippen LogP contribution in [0.5, 0.6) is 11.5 Å². The first-order valence-corrected chi connectivity index (χ1v) is 9.01. The molecular formula is C21H26N2O3. The Morgan fingerprint density at radius 2 is 1.69 bits per heavy atom. The number of methoxy groups -OCH3 is 2. The Kier molecular flexibility index (Phi) is 6.12. The van der Waals surface area contributed by atoms with Crippen molar-refractivity contribution in [3.8, 4) is 11.5 Å². The molecule has 0 radical (unpaired) electrons. The summed E-state index contributed by atoms with van der Waals surface area (Å²) in [5.41, 5.74) is 1.77. The van der Waals surface area contributed by atoms with E-state index in [0.717, 1.165) is 24.4 Å². The van der Waals surface area contributed by atoms with E-state index in [1.165, 1.54) is 12.8 Å². The van der Waals surface area contributed by atoms with Crippen molar-refractivity contribution in [3.63, 3.8) is 0 Å². The third-order valence-corrected chi connectivity index (χ3v) is 4.85. The number of carbonyl (C=O) groups is 1. The summed E-state index contributed by atoms with van der Waals surface area (Å²) in [4.78, 5) is 15.0. The molecule has 0 aliphatic carbocycles. The first-order chi connectivity index (χ1) is 12.7. The lowest BCUT2D eigenvalue weighted by molar-refractivity contribution is 0.0937. The molecule has 1 aliphatic rings. The topological polar surface area (TPSA) is 50.8 Å². The molecule has 0 spiro atoms. The molecule has 2 aromatic carbocycles. The largest absolute Gasteiger partial charge is 0.497 e. The first-order valence-electron chi connectivity index (χ1n) is 9.01. The van der Waals surface area contributed by atoms with Crippen LogP contribution in [0.3, 0.4) is 0 Å². The second-order valence-corrected chi connectivity index (χ2v) is 6.48. The van der Waals surface area contributed by atoms with Gasteiger partial charge in [-0.15, -0.1) is 0 Å². The summed E-state index contributed by atoms with van der Waals surface area (Å²) in [7, 11) is 3.28. The van der Waals surface area contributed by atoms with Crippen LogP contribution in [0.2, 0.25) is 0 Å². The van der Waals surface area contributed by atoms with Crippen LogP contribution in [0.25, 0.3) is 0 Å². The van der Waals surface area contributed by atoms with Crippen molar-refractivity contribution in [2.24, 2.45) is 0 Å². The van der Waals surface area contributed by atoms with E-state index in [4.69, 9.17) is 9.47 Å². The monoisotopic (exact) mass is 354 g/mol. The van der Waals surface area contributed by atoms with Gasteiger partial charge in [-0.1, -0.05) is 18.2 Å². The van der Waals surface area contributed by atoms with Gasteiger partial charge >= 0.3 is 0 Å². The zero-order valence-electron chi connectivity index (χ0n) is 15.4. The number of amides is 1. The summed E-state index contributed by atoms with van der Waals surface area (Å²) >= 11 is 0. The molecular weight excluding hydrogens is 328 g/mol. The van der Waals surface area contributed by atoms with Crippen molar-refractivity contribution in [3.05, 3.63) is 59.7 Å². The molecule has 1 unspecified atom stereocenters. The van der Waals surface area contributed by atoms with E-state index < -0.39 is 0 Å². The summed E-state index contributed by atoms with van der Waals surface area (Å²) in [6, 6.07) is 15.5. The predicted molar refractivity (Wildman–Crippen MR) is 102 cm³/mol. The van der Waals surface area contributed by atoms with Gasteiger partial charge in [-0.25, -0.2) is 0 Å². The minimum Gasteiger partial charge on any atom is -0.497 e. The minimum absolute atomic E-state index is 0.0870. The van der Waals surface area contributed by atoms with E-state index in [9.17, 15) is 4.79 Å². The van der Waals surface area contributed by atoms with Crippen molar-refractivity contribution >= 4 is 5.91 Å². The van der Waals surface area contributed by atoms with Crippen LogP contribution in [0.4, 0.5) is 0 Å². The van der Waals surface area contributed by atoms with Crippen LogP contribution < -0.4 is 14.8 Å². The second-order valence-electron chi connectivity index (χ2n) is 6.48. The maximum absolute atomic E-state index is 12.6. The number of nitrogens with one attached hydrogen (secondary N) is 1. The van der Waals surface area contributed by atoms with E-state index in [1.807, 2.05) is 24.3 Å². The van der Waals surface area contributed by atoms with E-state index in [-0.39, 0.29) is 11.9 Å². The van der Waals surface area contributed by atoms with Gasteiger partial charge in [0.15, 0.2) is 0 Å². The number of rotatable bonds is 7. The Morgan fingerprint density at radius 1 is 1.04 bits per heavy atom. The van der Waals surface area contributed by atoms with Crippen molar-refractivity contribution < 1.29 is 14.3 Å². The molecule has 0 bridgehead atoms. The normalized spacial score (nSPS) is 15.5. The molecule has 3 rings (SSSR count). The first kappa shape index (κ1) is 18.3. The Bertz CT molecular complexity index is 742. The second kappa shape index (κ2) is 8.72. The van der Waals surface area contributed by atoms with Crippen molar-refractivity contribution in [2.45, 2.75) is 18.9 Å². The van der Waals surface area contributed by atoms with Gasteiger partial charge in [-0.2, -0.15) is 0 Å². The quantitative estimate of drug-likeness (QED) is 0.829. The maximum Gasteiger partial charge on any atom is 0.251 e. The van der Waals surface area contributed by atoms with E-state index >= 15 is 0 Å². The van der Waals surface area contributed by atoms with Crippen molar-refractivity contribution in [1.82, 2.24) is 10.2 Å². The number of hydrogen-bond donors (Lipinski definition) is 1. The van der Waals surface area contributed by atoms with Gasteiger partial charge in [0.25, 0.3) is 5.91 Å². The fraction of sp³-hybridized carbons (Fsp3) is 0.381. The molecule has 1 heterocycles. The number of ether oxygens (including phenoxy) is 2. The lowest BCUT2D eigenvalue weighted by Gasteiger charge is -2.28. The molecule has 2 aromatic rings. The lowest BCUT2D eigenvalue weighted by Crippen LogP contribution is -2.36. The molecule has 1 amide bonds. The molecule has 5 heteroatoms. The van der Waals surface area contributed by atoms with Gasteiger partial charge in [0.1, 0.15) is 11.5 Å². The molecule has 1 N–H and O–H groups in total. The molecule has 1 saturated heterocycles. The summed E-state index contributed by atoms with van der Waals surface area (Å²) in [5, 5.41) is 3.09. The third-order valence-electron chi connectivity index (χ3n) is 4.85. The van der Waals surface area contributed by atoms with E-state index in [2.05, 4.69) is 22.3 Å². The van der Waals surface area contributed by atoms with Gasteiger partial charge in [0.05, 0.1) is 20.3 Å². The SMILES string of the molecule is COc1cccc(C(=O)NCC(c2cccc(OC)c2)N2CCCC2)c1. The molecule has 0 aromatic heterocycles. The minimum atomic E-state index is -0.0870. The van der Waals surface area contributed by atoms with Gasteiger partial charge in [0, 0.05) is 12.1 Å². The Balaban J connectivity index is 1.74. The van der Waals surface area contributed by atoms with Crippen LogP contribution in [-0.2, 0) is 0 Å². The zero-order chi connectivity index (χ0) is 18.4. The Hall–Kier alpha value is -2.53. The molecule has 1 fully saturated rings. The van der Waals surface area contributed by atoms with Crippen molar-refractivity contribution in [1.29, 1.82) is 0 Å². The van der Waals surface area contributed by atoms with Crippen LogP contribution in [-0.4, -0.2) is 44.7 Å². The lowest BCUT2D eigenvalue weighted by atomic mass is 10.0. The van der Waals surface area contributed by atoms with Crippen LogP contribution in [0, 0.1) is 0 Å². The molecule has 1 atom stereocenters. The Morgan fingerprint density at radius 3 is 2.38 bits per heavy atom. The van der Waals surface area contributed by atoms with Gasteiger partial charge in [-0.3, -0.25) is 9.69 Å². The average molecular weight is 354 g/mol. The highest BCUT2D eigenvalue weighted by Crippen LogP contribution is 2.27. The number of likely N-dealkylation sites (tertiary alicyclic amines) is 1. The van der Waals surface area contributed by atoms with Crippen LogP contribution in [0.1, 0.15) is 34.8 Å². The van der Waals surface area contributed by atoms with Gasteiger partial charge in [-0.05, 0) is 61.8 Å². The molecule has 5 nitrogen and oxygen atoms in total. The van der Waals surface area contributed by atoms with Crippen LogP contribution >= 0.6 is 0 Å². The molecule has 26 heavy (non-hydrogen) atoms.